The Morgan fingerprint density at radius 3 is 2.85 bits per heavy atom. The van der Waals surface area contributed by atoms with Gasteiger partial charge in [-0.15, -0.1) is 11.3 Å². The highest BCUT2D eigenvalue weighted by Gasteiger charge is 2.34. The Labute approximate surface area is 125 Å². The van der Waals surface area contributed by atoms with E-state index in [0.717, 1.165) is 24.3 Å². The van der Waals surface area contributed by atoms with Gasteiger partial charge in [-0.25, -0.2) is 13.4 Å². The molecule has 1 atom stereocenters. The Balaban J connectivity index is 2.18. The van der Waals surface area contributed by atoms with Gasteiger partial charge in [-0.3, -0.25) is 0 Å². The average Bonchev–Trinajstić information content (AvgIpc) is 2.84. The predicted molar refractivity (Wildman–Crippen MR) is 81.5 cm³/mol. The number of sulfonamides is 1. The highest BCUT2D eigenvalue weighted by molar-refractivity contribution is 7.91. The number of nitrogens with zero attached hydrogens (tertiary/aromatic N) is 2. The molecular weight excluding hydrogens is 294 g/mol. The molecule has 1 N–H and O–H groups in total. The molecule has 1 aromatic heterocycles. The lowest BCUT2D eigenvalue weighted by Gasteiger charge is -2.34. The molecule has 1 unspecified atom stereocenters. The smallest absolute Gasteiger partial charge is 0.254 e. The minimum absolute atomic E-state index is 0.0542. The van der Waals surface area contributed by atoms with Crippen LogP contribution in [0.1, 0.15) is 38.1 Å². The minimum Gasteiger partial charge on any atom is -0.313 e. The summed E-state index contributed by atoms with van der Waals surface area (Å²) in [5.41, 5.74) is 0. The molecular formula is C13H23N3O2S2. The van der Waals surface area contributed by atoms with Crippen LogP contribution in [0.15, 0.2) is 10.4 Å². The monoisotopic (exact) mass is 317 g/mol. The summed E-state index contributed by atoms with van der Waals surface area (Å²) in [6.07, 6.45) is 4.45. The molecule has 1 aromatic rings. The van der Waals surface area contributed by atoms with E-state index in [1.807, 2.05) is 6.92 Å². The number of hydrogen-bond donors (Lipinski definition) is 1. The first kappa shape index (κ1) is 15.9. The normalized spacial score (nSPS) is 21.5. The number of rotatable bonds is 5. The van der Waals surface area contributed by atoms with Gasteiger partial charge in [0.2, 0.25) is 0 Å². The number of piperidine rings is 1. The fourth-order valence-electron chi connectivity index (χ4n) is 2.44. The zero-order valence-electron chi connectivity index (χ0n) is 12.3. The number of nitrogens with one attached hydrogen (secondary N) is 1. The molecule has 7 heteroatoms. The number of aromatic nitrogens is 1. The van der Waals surface area contributed by atoms with Gasteiger partial charge in [-0.2, -0.15) is 4.31 Å². The second kappa shape index (κ2) is 6.51. The minimum atomic E-state index is -3.39. The summed E-state index contributed by atoms with van der Waals surface area (Å²) in [6.45, 7) is 7.32. The third-order valence-corrected chi connectivity index (χ3v) is 6.80. The molecule has 1 aliphatic heterocycles. The van der Waals surface area contributed by atoms with Crippen LogP contribution in [-0.2, 0) is 10.0 Å². The summed E-state index contributed by atoms with van der Waals surface area (Å²) >= 11 is 1.25. The molecule has 0 saturated carbocycles. The molecule has 0 aromatic carbocycles. The Morgan fingerprint density at radius 2 is 2.25 bits per heavy atom. The van der Waals surface area contributed by atoms with Gasteiger partial charge in [0.25, 0.3) is 10.0 Å². The van der Waals surface area contributed by atoms with E-state index in [0.29, 0.717) is 23.3 Å². The van der Waals surface area contributed by atoms with Crippen molar-refractivity contribution in [1.29, 1.82) is 0 Å². The third kappa shape index (κ3) is 3.58. The van der Waals surface area contributed by atoms with Crippen molar-refractivity contribution < 1.29 is 8.42 Å². The molecule has 1 fully saturated rings. The molecule has 2 rings (SSSR count). The van der Waals surface area contributed by atoms with Crippen molar-refractivity contribution in [3.05, 3.63) is 11.2 Å². The van der Waals surface area contributed by atoms with Crippen molar-refractivity contribution >= 4 is 21.4 Å². The average molecular weight is 317 g/mol. The molecule has 20 heavy (non-hydrogen) atoms. The van der Waals surface area contributed by atoms with E-state index in [-0.39, 0.29) is 6.04 Å². The lowest BCUT2D eigenvalue weighted by atomic mass is 10.0. The second-order valence-corrected chi connectivity index (χ2v) is 8.88. The van der Waals surface area contributed by atoms with Crippen molar-refractivity contribution in [3.63, 3.8) is 0 Å². The maximum Gasteiger partial charge on any atom is 0.254 e. The van der Waals surface area contributed by atoms with Crippen LogP contribution >= 0.6 is 11.3 Å². The van der Waals surface area contributed by atoms with Gasteiger partial charge in [-0.05, 0) is 19.8 Å². The Hall–Kier alpha value is -0.500. The van der Waals surface area contributed by atoms with Gasteiger partial charge < -0.3 is 5.32 Å². The molecule has 1 saturated heterocycles. The third-order valence-electron chi connectivity index (χ3n) is 3.50. The van der Waals surface area contributed by atoms with Gasteiger partial charge >= 0.3 is 0 Å². The Bertz CT molecular complexity index is 540. The molecule has 0 aliphatic carbocycles. The van der Waals surface area contributed by atoms with E-state index in [1.54, 1.807) is 4.31 Å². The van der Waals surface area contributed by atoms with Gasteiger partial charge in [0, 0.05) is 25.2 Å². The first-order valence-corrected chi connectivity index (χ1v) is 9.34. The van der Waals surface area contributed by atoms with Crippen LogP contribution in [0.3, 0.4) is 0 Å². The molecule has 0 radical (unpaired) electrons. The quantitative estimate of drug-likeness (QED) is 0.902. The molecule has 5 nitrogen and oxygen atoms in total. The largest absolute Gasteiger partial charge is 0.313 e. The Morgan fingerprint density at radius 1 is 1.50 bits per heavy atom. The molecule has 114 valence electrons. The van der Waals surface area contributed by atoms with E-state index in [9.17, 15) is 8.42 Å². The van der Waals surface area contributed by atoms with Crippen LogP contribution in [0.2, 0.25) is 0 Å². The van der Waals surface area contributed by atoms with Crippen LogP contribution in [0, 0.1) is 6.92 Å². The van der Waals surface area contributed by atoms with Crippen molar-refractivity contribution in [2.75, 3.05) is 13.1 Å². The second-order valence-electron chi connectivity index (χ2n) is 5.53. The summed E-state index contributed by atoms with van der Waals surface area (Å²) in [6, 6.07) is 0.422. The van der Waals surface area contributed by atoms with Gasteiger partial charge in [-0.1, -0.05) is 20.3 Å². The van der Waals surface area contributed by atoms with E-state index < -0.39 is 10.0 Å². The van der Waals surface area contributed by atoms with Crippen molar-refractivity contribution in [1.82, 2.24) is 14.6 Å². The standard InChI is InChI=1S/C13H23N3O2S2/c1-10(2)14-8-12-6-4-5-7-16(12)20(17,18)13-9-15-11(3)19-13/h9-10,12,14H,4-8H2,1-3H3. The van der Waals surface area contributed by atoms with E-state index >= 15 is 0 Å². The first-order chi connectivity index (χ1) is 9.41. The Kier molecular flexibility index (Phi) is 5.17. The summed E-state index contributed by atoms with van der Waals surface area (Å²) in [4.78, 5) is 4.07. The van der Waals surface area contributed by atoms with Crippen molar-refractivity contribution in [3.8, 4) is 0 Å². The highest BCUT2D eigenvalue weighted by Crippen LogP contribution is 2.28. The lowest BCUT2D eigenvalue weighted by molar-refractivity contribution is 0.242. The predicted octanol–water partition coefficient (Wildman–Crippen LogP) is 1.99. The summed E-state index contributed by atoms with van der Waals surface area (Å²) in [7, 11) is -3.39. The molecule has 0 spiro atoms. The van der Waals surface area contributed by atoms with Crippen molar-refractivity contribution in [2.45, 2.75) is 56.3 Å². The lowest BCUT2D eigenvalue weighted by Crippen LogP contribution is -2.49. The summed E-state index contributed by atoms with van der Waals surface area (Å²) in [5.74, 6) is 0. The van der Waals surface area contributed by atoms with E-state index in [2.05, 4.69) is 24.1 Å². The van der Waals surface area contributed by atoms with Crippen LogP contribution in [0.5, 0.6) is 0 Å². The summed E-state index contributed by atoms with van der Waals surface area (Å²) in [5, 5.41) is 4.14. The molecule has 1 aliphatic rings. The molecule has 0 amide bonds. The van der Waals surface area contributed by atoms with Gasteiger partial charge in [0.1, 0.15) is 0 Å². The number of aryl methyl sites for hydroxylation is 1. The maximum atomic E-state index is 12.7. The fraction of sp³-hybridized carbons (Fsp3) is 0.769. The van der Waals surface area contributed by atoms with Gasteiger partial charge in [0.15, 0.2) is 4.21 Å². The van der Waals surface area contributed by atoms with E-state index in [1.165, 1.54) is 17.5 Å². The van der Waals surface area contributed by atoms with Crippen LogP contribution in [-0.4, -0.2) is 42.9 Å². The molecule has 0 bridgehead atoms. The number of hydrogen-bond acceptors (Lipinski definition) is 5. The number of thiazole rings is 1. The SMILES string of the molecule is Cc1ncc(S(=O)(=O)N2CCCCC2CNC(C)C)s1. The van der Waals surface area contributed by atoms with Gasteiger partial charge in [0.05, 0.1) is 11.2 Å². The first-order valence-electron chi connectivity index (χ1n) is 7.09. The maximum absolute atomic E-state index is 12.7. The van der Waals surface area contributed by atoms with E-state index in [4.69, 9.17) is 0 Å². The van der Waals surface area contributed by atoms with Crippen LogP contribution in [0.25, 0.3) is 0 Å². The van der Waals surface area contributed by atoms with Crippen LogP contribution in [0.4, 0.5) is 0 Å². The fourth-order valence-corrected chi connectivity index (χ4v) is 5.37. The topological polar surface area (TPSA) is 62.3 Å². The zero-order chi connectivity index (χ0) is 14.8. The highest BCUT2D eigenvalue weighted by atomic mass is 32.2. The van der Waals surface area contributed by atoms with Crippen molar-refractivity contribution in [2.24, 2.45) is 0 Å². The summed E-state index contributed by atoms with van der Waals surface area (Å²) < 4.78 is 27.5. The molecule has 2 heterocycles. The van der Waals surface area contributed by atoms with Crippen LogP contribution < -0.4 is 5.32 Å². The zero-order valence-corrected chi connectivity index (χ0v) is 13.9.